The fourth-order valence-corrected chi connectivity index (χ4v) is 3.03. The molecule has 88 valence electrons. The molecule has 0 aromatic carbocycles. The van der Waals surface area contributed by atoms with Crippen molar-refractivity contribution in [1.82, 2.24) is 10.2 Å². The molecule has 15 heavy (non-hydrogen) atoms. The molecule has 2 aliphatic rings. The zero-order valence-electron chi connectivity index (χ0n) is 10.7. The Bertz CT molecular complexity index is 215. The highest BCUT2D eigenvalue weighted by Crippen LogP contribution is 2.40. The maximum absolute atomic E-state index is 3.62. The van der Waals surface area contributed by atoms with Gasteiger partial charge in [-0.1, -0.05) is 27.2 Å². The van der Waals surface area contributed by atoms with Crippen molar-refractivity contribution in [3.8, 4) is 0 Å². The van der Waals surface area contributed by atoms with Gasteiger partial charge in [0.15, 0.2) is 0 Å². The van der Waals surface area contributed by atoms with Gasteiger partial charge in [0.05, 0.1) is 0 Å². The Kier molecular flexibility index (Phi) is 3.36. The molecular weight excluding hydrogens is 184 g/mol. The van der Waals surface area contributed by atoms with Crippen LogP contribution in [0.5, 0.6) is 0 Å². The minimum Gasteiger partial charge on any atom is -0.311 e. The summed E-state index contributed by atoms with van der Waals surface area (Å²) in [6.45, 7) is 11.8. The molecule has 0 spiro atoms. The third-order valence-electron chi connectivity index (χ3n) is 4.19. The van der Waals surface area contributed by atoms with E-state index < -0.39 is 0 Å². The highest BCUT2D eigenvalue weighted by molar-refractivity contribution is 5.00. The van der Waals surface area contributed by atoms with E-state index in [-0.39, 0.29) is 0 Å². The molecule has 1 aliphatic carbocycles. The first kappa shape index (κ1) is 11.4. The Labute approximate surface area is 94.4 Å². The van der Waals surface area contributed by atoms with Crippen LogP contribution in [0.3, 0.4) is 0 Å². The summed E-state index contributed by atoms with van der Waals surface area (Å²) >= 11 is 0. The number of hydrogen-bond acceptors (Lipinski definition) is 2. The van der Waals surface area contributed by atoms with Crippen molar-refractivity contribution in [1.29, 1.82) is 0 Å². The van der Waals surface area contributed by atoms with Crippen LogP contribution >= 0.6 is 0 Å². The number of hydrogen-bond donors (Lipinski definition) is 1. The van der Waals surface area contributed by atoms with Crippen molar-refractivity contribution < 1.29 is 0 Å². The second-order valence-electron chi connectivity index (χ2n) is 5.79. The van der Waals surface area contributed by atoms with E-state index in [0.29, 0.717) is 6.04 Å². The van der Waals surface area contributed by atoms with E-state index in [9.17, 15) is 0 Å². The molecule has 1 saturated heterocycles. The molecule has 2 heteroatoms. The fraction of sp³-hybridized carbons (Fsp3) is 1.00. The van der Waals surface area contributed by atoms with Crippen LogP contribution in [0.1, 0.15) is 40.5 Å². The van der Waals surface area contributed by atoms with Gasteiger partial charge >= 0.3 is 0 Å². The van der Waals surface area contributed by atoms with Gasteiger partial charge in [-0.05, 0) is 25.2 Å². The summed E-state index contributed by atoms with van der Waals surface area (Å²) in [6, 6.07) is 2.35. The minimum absolute atomic E-state index is 0.679. The number of piperazine rings is 1. The van der Waals surface area contributed by atoms with E-state index >= 15 is 0 Å². The molecule has 1 heterocycles. The Morgan fingerprint density at radius 1 is 1.40 bits per heavy atom. The lowest BCUT2D eigenvalue weighted by atomic mass is 9.98. The standard InChI is InChI=1S/C13H26N2/c1-5-11-6-12(11)15-8-10(4)14-7-13(15)9(2)3/h9-14H,5-8H2,1-4H3. The summed E-state index contributed by atoms with van der Waals surface area (Å²) in [5.41, 5.74) is 0. The monoisotopic (exact) mass is 210 g/mol. The quantitative estimate of drug-likeness (QED) is 0.767. The number of nitrogens with zero attached hydrogens (tertiary/aromatic N) is 1. The maximum Gasteiger partial charge on any atom is 0.0247 e. The van der Waals surface area contributed by atoms with Crippen LogP contribution in [-0.2, 0) is 0 Å². The third kappa shape index (κ3) is 2.36. The van der Waals surface area contributed by atoms with Crippen LogP contribution in [0.4, 0.5) is 0 Å². The van der Waals surface area contributed by atoms with E-state index in [2.05, 4.69) is 37.9 Å². The second kappa shape index (κ2) is 4.42. The normalized spacial score (nSPS) is 42.2. The summed E-state index contributed by atoms with van der Waals surface area (Å²) in [5, 5.41) is 3.62. The van der Waals surface area contributed by atoms with E-state index in [4.69, 9.17) is 0 Å². The molecule has 0 bridgehead atoms. The zero-order chi connectivity index (χ0) is 11.0. The Morgan fingerprint density at radius 2 is 2.13 bits per heavy atom. The molecule has 2 rings (SSSR count). The van der Waals surface area contributed by atoms with Gasteiger partial charge < -0.3 is 5.32 Å². The van der Waals surface area contributed by atoms with Crippen LogP contribution < -0.4 is 5.32 Å². The lowest BCUT2D eigenvalue weighted by Crippen LogP contribution is -2.58. The number of nitrogens with one attached hydrogen (secondary N) is 1. The van der Waals surface area contributed by atoms with E-state index in [1.807, 2.05) is 0 Å². The summed E-state index contributed by atoms with van der Waals surface area (Å²) in [6.07, 6.45) is 2.82. The summed E-state index contributed by atoms with van der Waals surface area (Å²) in [5.74, 6) is 1.78. The van der Waals surface area contributed by atoms with Gasteiger partial charge in [0, 0.05) is 31.2 Å². The summed E-state index contributed by atoms with van der Waals surface area (Å²) in [4.78, 5) is 2.79. The van der Waals surface area contributed by atoms with Crippen LogP contribution in [0.2, 0.25) is 0 Å². The van der Waals surface area contributed by atoms with Gasteiger partial charge in [0.1, 0.15) is 0 Å². The zero-order valence-corrected chi connectivity index (χ0v) is 10.7. The average molecular weight is 210 g/mol. The van der Waals surface area contributed by atoms with Gasteiger partial charge in [0.2, 0.25) is 0 Å². The predicted octanol–water partition coefficient (Wildman–Crippen LogP) is 2.10. The first-order chi connectivity index (χ1) is 7.13. The van der Waals surface area contributed by atoms with Gasteiger partial charge in [-0.3, -0.25) is 4.90 Å². The van der Waals surface area contributed by atoms with Crippen LogP contribution in [0, 0.1) is 11.8 Å². The van der Waals surface area contributed by atoms with Crippen LogP contribution in [0.25, 0.3) is 0 Å². The molecule has 1 aliphatic heterocycles. The molecule has 2 nitrogen and oxygen atoms in total. The fourth-order valence-electron chi connectivity index (χ4n) is 3.03. The predicted molar refractivity (Wildman–Crippen MR) is 65.0 cm³/mol. The van der Waals surface area contributed by atoms with Gasteiger partial charge in [-0.15, -0.1) is 0 Å². The summed E-state index contributed by atoms with van der Waals surface area (Å²) < 4.78 is 0. The Hall–Kier alpha value is -0.0800. The summed E-state index contributed by atoms with van der Waals surface area (Å²) in [7, 11) is 0. The lowest BCUT2D eigenvalue weighted by Gasteiger charge is -2.42. The average Bonchev–Trinajstić information content (AvgIpc) is 2.95. The highest BCUT2D eigenvalue weighted by Gasteiger charge is 2.44. The molecule has 1 saturated carbocycles. The second-order valence-corrected chi connectivity index (χ2v) is 5.79. The molecule has 0 aromatic rings. The third-order valence-corrected chi connectivity index (χ3v) is 4.19. The van der Waals surface area contributed by atoms with Gasteiger partial charge in [0.25, 0.3) is 0 Å². The van der Waals surface area contributed by atoms with Gasteiger partial charge in [-0.25, -0.2) is 0 Å². The smallest absolute Gasteiger partial charge is 0.0247 e. The van der Waals surface area contributed by atoms with Crippen molar-refractivity contribution in [3.63, 3.8) is 0 Å². The molecule has 4 atom stereocenters. The molecule has 1 N–H and O–H groups in total. The van der Waals surface area contributed by atoms with Crippen LogP contribution in [0.15, 0.2) is 0 Å². The van der Waals surface area contributed by atoms with Crippen molar-refractivity contribution in [3.05, 3.63) is 0 Å². The van der Waals surface area contributed by atoms with Crippen molar-refractivity contribution in [2.75, 3.05) is 13.1 Å². The van der Waals surface area contributed by atoms with Crippen molar-refractivity contribution >= 4 is 0 Å². The molecule has 0 aromatic heterocycles. The molecule has 0 amide bonds. The molecular formula is C13H26N2. The SMILES string of the molecule is CCC1CC1N1CC(C)NCC1C(C)C. The first-order valence-electron chi connectivity index (χ1n) is 6.62. The maximum atomic E-state index is 3.62. The topological polar surface area (TPSA) is 15.3 Å². The molecule has 2 fully saturated rings. The molecule has 4 unspecified atom stereocenters. The lowest BCUT2D eigenvalue weighted by molar-refractivity contribution is 0.0893. The largest absolute Gasteiger partial charge is 0.311 e. The number of rotatable bonds is 3. The molecule has 0 radical (unpaired) electrons. The van der Waals surface area contributed by atoms with E-state index in [1.54, 1.807) is 0 Å². The Morgan fingerprint density at radius 3 is 2.67 bits per heavy atom. The van der Waals surface area contributed by atoms with E-state index in [0.717, 1.165) is 23.9 Å². The minimum atomic E-state index is 0.679. The van der Waals surface area contributed by atoms with E-state index in [1.165, 1.54) is 25.9 Å². The Balaban J connectivity index is 1.98. The first-order valence-corrected chi connectivity index (χ1v) is 6.62. The van der Waals surface area contributed by atoms with Crippen molar-refractivity contribution in [2.45, 2.75) is 58.7 Å². The van der Waals surface area contributed by atoms with Gasteiger partial charge in [-0.2, -0.15) is 0 Å². The highest BCUT2D eigenvalue weighted by atomic mass is 15.3. The van der Waals surface area contributed by atoms with Crippen LogP contribution in [-0.4, -0.2) is 36.1 Å². The van der Waals surface area contributed by atoms with Crippen molar-refractivity contribution in [2.24, 2.45) is 11.8 Å².